The number of nitrogens with two attached hydrogens (primary N) is 1. The number of carbonyl (C=O) groups excluding carboxylic acids is 1. The smallest absolute Gasteiger partial charge is 0.306 e. The lowest BCUT2D eigenvalue weighted by Gasteiger charge is -2.17. The van der Waals surface area contributed by atoms with Gasteiger partial charge in [-0.25, -0.2) is 0 Å². The average molecular weight is 361 g/mol. The summed E-state index contributed by atoms with van der Waals surface area (Å²) >= 11 is 2.27. The molecule has 2 atom stereocenters. The van der Waals surface area contributed by atoms with Crippen LogP contribution in [0.25, 0.3) is 0 Å². The van der Waals surface area contributed by atoms with Crippen LogP contribution in [0, 0.1) is 9.49 Å². The number of hydrogen-bond acceptors (Lipinski definition) is 3. The van der Waals surface area contributed by atoms with Gasteiger partial charge in [0.05, 0.1) is 6.61 Å². The largest absolute Gasteiger partial charge is 0.466 e. The van der Waals surface area contributed by atoms with Gasteiger partial charge in [-0.3, -0.25) is 4.79 Å². The fourth-order valence-corrected chi connectivity index (χ4v) is 2.23. The summed E-state index contributed by atoms with van der Waals surface area (Å²) in [6.07, 6.45) is 1.23. The van der Waals surface area contributed by atoms with E-state index in [0.29, 0.717) is 13.0 Å². The van der Waals surface area contributed by atoms with Gasteiger partial charge in [0.1, 0.15) is 0 Å². The molecule has 0 aliphatic rings. The minimum atomic E-state index is -0.139. The fraction of sp³-hybridized carbons (Fsp3) is 0.500. The van der Waals surface area contributed by atoms with Crippen LogP contribution < -0.4 is 5.73 Å². The van der Waals surface area contributed by atoms with E-state index in [0.717, 1.165) is 12.0 Å². The molecule has 2 N–H and O–H groups in total. The highest BCUT2D eigenvalue weighted by Gasteiger charge is 2.15. The highest BCUT2D eigenvalue weighted by molar-refractivity contribution is 14.1. The third kappa shape index (κ3) is 5.35. The minimum Gasteiger partial charge on any atom is -0.466 e. The van der Waals surface area contributed by atoms with Crippen LogP contribution in [0.5, 0.6) is 0 Å². The second kappa shape index (κ2) is 7.74. The molecule has 100 valence electrons. The van der Waals surface area contributed by atoms with Gasteiger partial charge < -0.3 is 10.5 Å². The Hall–Kier alpha value is -0.620. The molecule has 0 aliphatic carbocycles. The first-order chi connectivity index (χ1) is 8.52. The number of halogens is 1. The minimum absolute atomic E-state index is 0.0218. The zero-order valence-corrected chi connectivity index (χ0v) is 13.0. The highest BCUT2D eigenvalue weighted by atomic mass is 127. The van der Waals surface area contributed by atoms with Crippen LogP contribution in [-0.2, 0) is 9.53 Å². The van der Waals surface area contributed by atoms with E-state index in [1.807, 2.05) is 38.1 Å². The van der Waals surface area contributed by atoms with Gasteiger partial charge in [0.15, 0.2) is 0 Å². The maximum absolute atomic E-state index is 11.4. The Bertz CT molecular complexity index is 378. The van der Waals surface area contributed by atoms with Gasteiger partial charge in [-0.2, -0.15) is 0 Å². The highest BCUT2D eigenvalue weighted by Crippen LogP contribution is 2.22. The van der Waals surface area contributed by atoms with Crippen LogP contribution in [-0.4, -0.2) is 12.6 Å². The van der Waals surface area contributed by atoms with E-state index in [1.165, 1.54) is 3.57 Å². The van der Waals surface area contributed by atoms with Gasteiger partial charge in [0.25, 0.3) is 0 Å². The van der Waals surface area contributed by atoms with Crippen molar-refractivity contribution in [3.8, 4) is 0 Å². The van der Waals surface area contributed by atoms with Crippen LogP contribution in [0.15, 0.2) is 24.3 Å². The summed E-state index contributed by atoms with van der Waals surface area (Å²) in [4.78, 5) is 11.4. The van der Waals surface area contributed by atoms with Crippen LogP contribution >= 0.6 is 22.6 Å². The third-order valence-corrected chi connectivity index (χ3v) is 3.49. The van der Waals surface area contributed by atoms with Gasteiger partial charge in [0, 0.05) is 16.0 Å². The van der Waals surface area contributed by atoms with Gasteiger partial charge in [0.2, 0.25) is 0 Å². The zero-order valence-electron chi connectivity index (χ0n) is 10.9. The lowest BCUT2D eigenvalue weighted by molar-refractivity contribution is -0.144. The molecule has 0 fully saturated rings. The van der Waals surface area contributed by atoms with E-state index in [1.54, 1.807) is 0 Å². The number of ether oxygens (including phenoxy) is 1. The van der Waals surface area contributed by atoms with E-state index in [4.69, 9.17) is 10.5 Å². The summed E-state index contributed by atoms with van der Waals surface area (Å²) in [5.74, 6) is 0.0955. The SMILES string of the molecule is CCOC(=O)CC(C)CC(N)c1ccc(I)cc1. The molecule has 0 saturated carbocycles. The van der Waals surface area contributed by atoms with E-state index in [9.17, 15) is 4.79 Å². The molecule has 1 aromatic carbocycles. The Kier molecular flexibility index (Phi) is 6.63. The second-order valence-electron chi connectivity index (χ2n) is 4.51. The molecule has 0 heterocycles. The number of esters is 1. The van der Waals surface area contributed by atoms with Crippen molar-refractivity contribution in [1.82, 2.24) is 0 Å². The monoisotopic (exact) mass is 361 g/mol. The summed E-state index contributed by atoms with van der Waals surface area (Å²) in [6, 6.07) is 8.16. The number of benzene rings is 1. The number of rotatable bonds is 6. The standard InChI is InChI=1S/C14H20INO2/c1-3-18-14(17)9-10(2)8-13(16)11-4-6-12(15)7-5-11/h4-7,10,13H,3,8-9,16H2,1-2H3. The predicted molar refractivity (Wildman–Crippen MR) is 81.1 cm³/mol. The van der Waals surface area contributed by atoms with E-state index < -0.39 is 0 Å². The number of carbonyl (C=O) groups is 1. The van der Waals surface area contributed by atoms with Gasteiger partial charge >= 0.3 is 5.97 Å². The molecule has 0 saturated heterocycles. The van der Waals surface area contributed by atoms with Crippen molar-refractivity contribution in [1.29, 1.82) is 0 Å². The van der Waals surface area contributed by atoms with E-state index >= 15 is 0 Å². The number of hydrogen-bond donors (Lipinski definition) is 1. The molecule has 0 bridgehead atoms. The van der Waals surface area contributed by atoms with Crippen LogP contribution in [0.1, 0.15) is 38.3 Å². The van der Waals surface area contributed by atoms with Crippen molar-refractivity contribution < 1.29 is 9.53 Å². The molecule has 4 heteroatoms. The molecule has 0 amide bonds. The molecule has 0 spiro atoms. The van der Waals surface area contributed by atoms with E-state index in [2.05, 4.69) is 22.6 Å². The maximum atomic E-state index is 11.4. The predicted octanol–water partition coefficient (Wildman–Crippen LogP) is 3.27. The van der Waals surface area contributed by atoms with Crippen LogP contribution in [0.3, 0.4) is 0 Å². The molecule has 3 nitrogen and oxygen atoms in total. The van der Waals surface area contributed by atoms with Gasteiger partial charge in [-0.05, 0) is 59.5 Å². The summed E-state index contributed by atoms with van der Waals surface area (Å²) < 4.78 is 6.13. The average Bonchev–Trinajstić information content (AvgIpc) is 2.29. The van der Waals surface area contributed by atoms with Crippen molar-refractivity contribution in [2.45, 2.75) is 32.7 Å². The summed E-state index contributed by atoms with van der Waals surface area (Å²) in [5.41, 5.74) is 7.26. The molecule has 1 aromatic rings. The summed E-state index contributed by atoms with van der Waals surface area (Å²) in [6.45, 7) is 4.29. The van der Waals surface area contributed by atoms with Crippen LogP contribution in [0.2, 0.25) is 0 Å². The van der Waals surface area contributed by atoms with Crippen molar-refractivity contribution in [2.75, 3.05) is 6.61 Å². The topological polar surface area (TPSA) is 52.3 Å². The third-order valence-electron chi connectivity index (χ3n) is 2.77. The Labute approximate surface area is 122 Å². The molecule has 2 unspecified atom stereocenters. The lowest BCUT2D eigenvalue weighted by Crippen LogP contribution is -2.17. The Morgan fingerprint density at radius 2 is 2.00 bits per heavy atom. The molecular weight excluding hydrogens is 341 g/mol. The summed E-state index contributed by atoms with van der Waals surface area (Å²) in [7, 11) is 0. The lowest BCUT2D eigenvalue weighted by atomic mass is 9.94. The maximum Gasteiger partial charge on any atom is 0.306 e. The summed E-state index contributed by atoms with van der Waals surface area (Å²) in [5, 5.41) is 0. The molecule has 0 aliphatic heterocycles. The quantitative estimate of drug-likeness (QED) is 0.625. The molecule has 1 rings (SSSR count). The first kappa shape index (κ1) is 15.4. The van der Waals surface area contributed by atoms with Gasteiger partial charge in [-0.15, -0.1) is 0 Å². The Balaban J connectivity index is 2.46. The molecule has 0 radical (unpaired) electrons. The zero-order chi connectivity index (χ0) is 13.5. The van der Waals surface area contributed by atoms with Crippen molar-refractivity contribution in [2.24, 2.45) is 11.7 Å². The molecule has 0 aromatic heterocycles. The Morgan fingerprint density at radius 1 is 1.39 bits per heavy atom. The molecular formula is C14H20INO2. The second-order valence-corrected chi connectivity index (χ2v) is 5.75. The molecule has 18 heavy (non-hydrogen) atoms. The van der Waals surface area contributed by atoms with Crippen molar-refractivity contribution >= 4 is 28.6 Å². The van der Waals surface area contributed by atoms with Gasteiger partial charge in [-0.1, -0.05) is 19.1 Å². The fourth-order valence-electron chi connectivity index (χ4n) is 1.87. The first-order valence-corrected chi connectivity index (χ1v) is 7.27. The van der Waals surface area contributed by atoms with Crippen molar-refractivity contribution in [3.05, 3.63) is 33.4 Å². The first-order valence-electron chi connectivity index (χ1n) is 6.19. The normalized spacial score (nSPS) is 14.0. The Morgan fingerprint density at radius 3 is 2.56 bits per heavy atom. The van der Waals surface area contributed by atoms with Crippen LogP contribution in [0.4, 0.5) is 0 Å². The van der Waals surface area contributed by atoms with E-state index in [-0.39, 0.29) is 17.9 Å². The van der Waals surface area contributed by atoms with Crippen molar-refractivity contribution in [3.63, 3.8) is 0 Å².